The first-order valence-electron chi connectivity index (χ1n) is 13.8. The van der Waals surface area contributed by atoms with Crippen molar-refractivity contribution in [2.45, 2.75) is 32.1 Å². The van der Waals surface area contributed by atoms with E-state index in [-0.39, 0.29) is 11.0 Å². The molecule has 0 aromatic heterocycles. The number of anilines is 3. The van der Waals surface area contributed by atoms with Crippen molar-refractivity contribution >= 4 is 33.9 Å². The number of fused-ring (bicyclic) bond motifs is 4. The minimum Gasteiger partial charge on any atom is -0.310 e. The molecule has 0 N–H and O–H groups in total. The maximum absolute atomic E-state index is 9.31. The molecule has 0 saturated heterocycles. The third-order valence-corrected chi connectivity index (χ3v) is 8.41. The van der Waals surface area contributed by atoms with Crippen LogP contribution in [0.3, 0.4) is 0 Å². The Bertz CT molecular complexity index is 1830. The fraction of sp³-hybridized carbons (Fsp3) is 0.135. The van der Waals surface area contributed by atoms with Crippen molar-refractivity contribution in [3.8, 4) is 23.3 Å². The van der Waals surface area contributed by atoms with E-state index in [4.69, 9.17) is 0 Å². The van der Waals surface area contributed by atoms with E-state index in [1.165, 1.54) is 33.0 Å². The number of nitriles is 2. The lowest BCUT2D eigenvalue weighted by molar-refractivity contribution is 0.490. The summed E-state index contributed by atoms with van der Waals surface area (Å²) >= 11 is 0. The Kier molecular flexibility index (Phi) is 6.43. The molecule has 1 aliphatic rings. The lowest BCUT2D eigenvalue weighted by Gasteiger charge is -2.32. The first-order chi connectivity index (χ1) is 19.6. The first kappa shape index (κ1) is 25.2. The molecule has 5 aromatic carbocycles. The van der Waals surface area contributed by atoms with Gasteiger partial charge in [0.25, 0.3) is 0 Å². The molecule has 6 rings (SSSR count). The van der Waals surface area contributed by atoms with E-state index in [0.29, 0.717) is 0 Å². The van der Waals surface area contributed by atoms with Crippen LogP contribution in [0.15, 0.2) is 115 Å². The predicted molar refractivity (Wildman–Crippen MR) is 165 cm³/mol. The van der Waals surface area contributed by atoms with Crippen molar-refractivity contribution in [1.82, 2.24) is 0 Å². The minimum atomic E-state index is -0.162. The molecule has 0 aliphatic heterocycles. The van der Waals surface area contributed by atoms with Gasteiger partial charge in [-0.2, -0.15) is 10.5 Å². The molecule has 0 fully saturated rings. The number of benzene rings is 5. The molecule has 0 atom stereocenters. The highest BCUT2D eigenvalue weighted by Gasteiger charge is 2.41. The molecule has 5 aromatic rings. The number of hydrogen-bond donors (Lipinski definition) is 0. The summed E-state index contributed by atoms with van der Waals surface area (Å²) in [6.45, 7) is 4.51. The predicted octanol–water partition coefficient (Wildman–Crippen LogP) is 9.83. The fourth-order valence-electron chi connectivity index (χ4n) is 6.41. The van der Waals surface area contributed by atoms with Crippen molar-refractivity contribution in [2.75, 3.05) is 4.90 Å². The third-order valence-electron chi connectivity index (χ3n) is 8.41. The molecule has 0 radical (unpaired) electrons. The molecule has 1 aliphatic carbocycles. The summed E-state index contributed by atoms with van der Waals surface area (Å²) < 4.78 is 0. The van der Waals surface area contributed by atoms with Gasteiger partial charge >= 0.3 is 0 Å². The lowest BCUT2D eigenvalue weighted by Crippen LogP contribution is -2.23. The summed E-state index contributed by atoms with van der Waals surface area (Å²) in [5, 5.41) is 21.0. The fourth-order valence-corrected chi connectivity index (χ4v) is 6.41. The van der Waals surface area contributed by atoms with Gasteiger partial charge in [-0.3, -0.25) is 0 Å². The van der Waals surface area contributed by atoms with E-state index in [2.05, 4.69) is 122 Å². The third kappa shape index (κ3) is 3.96. The molecule has 0 saturated carbocycles. The van der Waals surface area contributed by atoms with Gasteiger partial charge in [0.1, 0.15) is 17.7 Å². The van der Waals surface area contributed by atoms with Crippen LogP contribution in [0.2, 0.25) is 0 Å². The van der Waals surface area contributed by atoms with Crippen LogP contribution in [0.5, 0.6) is 0 Å². The Morgan fingerprint density at radius 3 is 2.08 bits per heavy atom. The molecule has 0 spiro atoms. The Hall–Kier alpha value is -5.12. The van der Waals surface area contributed by atoms with Gasteiger partial charge in [-0.15, -0.1) is 0 Å². The Morgan fingerprint density at radius 2 is 1.35 bits per heavy atom. The molecule has 3 heteroatoms. The highest BCUT2D eigenvalue weighted by Crippen LogP contribution is 2.54. The average molecular weight is 516 g/mol. The van der Waals surface area contributed by atoms with Gasteiger partial charge < -0.3 is 4.90 Å². The summed E-state index contributed by atoms with van der Waals surface area (Å²) in [5.74, 6) is 0. The molecule has 0 amide bonds. The molecule has 0 bridgehead atoms. The van der Waals surface area contributed by atoms with Gasteiger partial charge in [0, 0.05) is 22.2 Å². The summed E-state index contributed by atoms with van der Waals surface area (Å²) in [7, 11) is 0. The smallest absolute Gasteiger partial charge is 0.130 e. The molecule has 40 heavy (non-hydrogen) atoms. The number of rotatable bonds is 6. The molecule has 3 nitrogen and oxygen atoms in total. The summed E-state index contributed by atoms with van der Waals surface area (Å²) in [4.78, 5) is 2.36. The maximum atomic E-state index is 9.31. The van der Waals surface area contributed by atoms with Crippen molar-refractivity contribution in [2.24, 2.45) is 0 Å². The second-order valence-electron chi connectivity index (χ2n) is 10.3. The van der Waals surface area contributed by atoms with Crippen LogP contribution in [0, 0.1) is 22.7 Å². The van der Waals surface area contributed by atoms with Crippen LogP contribution in [0.25, 0.3) is 28.0 Å². The summed E-state index contributed by atoms with van der Waals surface area (Å²) in [6.07, 6.45) is 3.58. The van der Waals surface area contributed by atoms with Crippen LogP contribution in [-0.4, -0.2) is 0 Å². The minimum absolute atomic E-state index is 0.116. The standard InChI is InChI=1S/C37H29N3/c1-3-37(4-2)34-22-26(21-27(24-38)25-39)17-19-32(34)33-20-18-30(23-35(33)37)40(29-13-6-5-7-14-29)36-16-10-12-28-11-8-9-15-31(28)36/h5-23H,3-4H2,1-2H3. The van der Waals surface area contributed by atoms with Crippen LogP contribution < -0.4 is 4.90 Å². The van der Waals surface area contributed by atoms with Gasteiger partial charge in [0.15, 0.2) is 0 Å². The molecule has 0 heterocycles. The largest absolute Gasteiger partial charge is 0.310 e. The van der Waals surface area contributed by atoms with E-state index >= 15 is 0 Å². The SMILES string of the molecule is CCC1(CC)c2cc(C=C(C#N)C#N)ccc2-c2ccc(N(c3ccccc3)c3cccc4ccccc34)cc21. The Morgan fingerprint density at radius 1 is 0.700 bits per heavy atom. The normalized spacial score (nSPS) is 12.6. The van der Waals surface area contributed by atoms with Crippen LogP contribution >= 0.6 is 0 Å². The van der Waals surface area contributed by atoms with Gasteiger partial charge in [-0.05, 0) is 82.5 Å². The van der Waals surface area contributed by atoms with Crippen LogP contribution in [0.4, 0.5) is 17.1 Å². The van der Waals surface area contributed by atoms with E-state index in [1.807, 2.05) is 18.2 Å². The van der Waals surface area contributed by atoms with Gasteiger partial charge in [-0.25, -0.2) is 0 Å². The van der Waals surface area contributed by atoms with Gasteiger partial charge in [0.05, 0.1) is 5.69 Å². The quantitative estimate of drug-likeness (QED) is 0.211. The highest BCUT2D eigenvalue weighted by atomic mass is 15.1. The Balaban J connectivity index is 1.56. The average Bonchev–Trinajstić information content (AvgIpc) is 3.29. The second-order valence-corrected chi connectivity index (χ2v) is 10.3. The molecule has 0 unspecified atom stereocenters. The number of allylic oxidation sites excluding steroid dienone is 1. The van der Waals surface area contributed by atoms with Crippen LogP contribution in [0.1, 0.15) is 43.4 Å². The second kappa shape index (κ2) is 10.2. The van der Waals surface area contributed by atoms with E-state index < -0.39 is 0 Å². The van der Waals surface area contributed by atoms with E-state index in [9.17, 15) is 10.5 Å². The topological polar surface area (TPSA) is 50.8 Å². The molecular weight excluding hydrogens is 486 g/mol. The van der Waals surface area contributed by atoms with Crippen molar-refractivity contribution in [1.29, 1.82) is 10.5 Å². The number of para-hydroxylation sites is 1. The van der Waals surface area contributed by atoms with Crippen molar-refractivity contribution < 1.29 is 0 Å². The Labute approximate surface area is 235 Å². The van der Waals surface area contributed by atoms with Crippen molar-refractivity contribution in [3.05, 3.63) is 131 Å². The van der Waals surface area contributed by atoms with Gasteiger partial charge in [0.2, 0.25) is 0 Å². The number of hydrogen-bond acceptors (Lipinski definition) is 3. The lowest BCUT2D eigenvalue weighted by atomic mass is 9.73. The zero-order valence-corrected chi connectivity index (χ0v) is 22.7. The van der Waals surface area contributed by atoms with E-state index in [1.54, 1.807) is 6.08 Å². The maximum Gasteiger partial charge on any atom is 0.130 e. The highest BCUT2D eigenvalue weighted by molar-refractivity contribution is 5.99. The zero-order valence-electron chi connectivity index (χ0n) is 22.7. The summed E-state index contributed by atoms with van der Waals surface area (Å²) in [5.41, 5.74) is 9.30. The monoisotopic (exact) mass is 515 g/mol. The van der Waals surface area contributed by atoms with Crippen LogP contribution in [-0.2, 0) is 5.41 Å². The van der Waals surface area contributed by atoms with Gasteiger partial charge in [-0.1, -0.05) is 92.7 Å². The first-order valence-corrected chi connectivity index (χ1v) is 13.8. The molecular formula is C37H29N3. The molecule has 192 valence electrons. The number of nitrogens with zero attached hydrogens (tertiary/aromatic N) is 3. The summed E-state index contributed by atoms with van der Waals surface area (Å²) in [6, 6.07) is 42.8. The zero-order chi connectivity index (χ0) is 27.7. The van der Waals surface area contributed by atoms with E-state index in [0.717, 1.165) is 35.5 Å². The van der Waals surface area contributed by atoms with Crippen molar-refractivity contribution in [3.63, 3.8) is 0 Å².